The van der Waals surface area contributed by atoms with E-state index in [2.05, 4.69) is 68.4 Å². The Kier molecular flexibility index (Phi) is 12.2. The molecule has 308 valence electrons. The van der Waals surface area contributed by atoms with Crippen molar-refractivity contribution in [3.8, 4) is 33.6 Å². The van der Waals surface area contributed by atoms with Gasteiger partial charge in [0.2, 0.25) is 11.8 Å². The molecule has 1 saturated heterocycles. The van der Waals surface area contributed by atoms with Gasteiger partial charge in [-0.15, -0.1) is 0 Å². The van der Waals surface area contributed by atoms with Crippen LogP contribution in [0.3, 0.4) is 0 Å². The van der Waals surface area contributed by atoms with Gasteiger partial charge in [0.05, 0.1) is 43.5 Å². The molecule has 7 rings (SSSR count). The minimum Gasteiger partial charge on any atom is -0.453 e. The maximum absolute atomic E-state index is 13.7. The van der Waals surface area contributed by atoms with Crippen molar-refractivity contribution in [1.82, 2.24) is 40.8 Å². The van der Waals surface area contributed by atoms with Gasteiger partial charge in [0.15, 0.2) is 0 Å². The first-order valence-electron chi connectivity index (χ1n) is 20.6. The summed E-state index contributed by atoms with van der Waals surface area (Å²) in [6.07, 6.45) is 7.74. The van der Waals surface area contributed by atoms with Gasteiger partial charge in [-0.2, -0.15) is 0 Å². The van der Waals surface area contributed by atoms with Crippen molar-refractivity contribution in [3.63, 3.8) is 0 Å². The molecule has 0 bridgehead atoms. The molecule has 14 nitrogen and oxygen atoms in total. The van der Waals surface area contributed by atoms with Crippen LogP contribution in [-0.2, 0) is 31.9 Å². The molecule has 5 N–H and O–H groups in total. The Balaban J connectivity index is 1.04. The van der Waals surface area contributed by atoms with Crippen molar-refractivity contribution in [2.75, 3.05) is 20.8 Å². The lowest BCUT2D eigenvalue weighted by molar-refractivity contribution is -0.135. The minimum absolute atomic E-state index is 0.0427. The molecule has 5 atom stereocenters. The molecule has 1 aliphatic heterocycles. The lowest BCUT2D eigenvalue weighted by Gasteiger charge is -2.30. The average Bonchev–Trinajstić information content (AvgIpc) is 4.05. The normalized spacial score (nSPS) is 19.9. The van der Waals surface area contributed by atoms with Crippen molar-refractivity contribution in [3.05, 3.63) is 71.6 Å². The largest absolute Gasteiger partial charge is 0.453 e. The van der Waals surface area contributed by atoms with Gasteiger partial charge in [0, 0.05) is 24.1 Å². The van der Waals surface area contributed by atoms with Crippen LogP contribution < -0.4 is 16.0 Å². The first-order valence-corrected chi connectivity index (χ1v) is 20.6. The lowest BCUT2D eigenvalue weighted by atomic mass is 9.95. The minimum atomic E-state index is -0.691. The number of rotatable bonds is 11. The molecular weight excluding hydrogens is 737 g/mol. The van der Waals surface area contributed by atoms with Gasteiger partial charge in [0.25, 0.3) is 0 Å². The van der Waals surface area contributed by atoms with Crippen LogP contribution in [0.1, 0.15) is 101 Å². The fourth-order valence-corrected chi connectivity index (χ4v) is 8.82. The first kappa shape index (κ1) is 40.5. The van der Waals surface area contributed by atoms with Gasteiger partial charge in [-0.05, 0) is 79.0 Å². The van der Waals surface area contributed by atoms with E-state index in [0.717, 1.165) is 102 Å². The number of benzene rings is 2. The summed E-state index contributed by atoms with van der Waals surface area (Å²) in [6.45, 7) is 8.24. The van der Waals surface area contributed by atoms with E-state index in [9.17, 15) is 19.2 Å². The zero-order valence-electron chi connectivity index (χ0n) is 34.3. The SMILES string of the molecule is COC(=O)N[C@H](C(=O)NC1CCCC1c1ncc(-c2ccc(-c3ccc4c(c3)CCCc3nc([C@@H]5CCCN5C(=O)[C@@H](NC(=O)OC)C(C)C)[nH]c3-4)cc2)[nH]1)C(C)C. The standard InChI is InChI=1S/C44H56N8O6/c1-24(2)36(50-43(55)57-5)41(53)48-32-12-8-11-31(32)39-45-23-34(47-39)27-17-15-26(16-18-27)28-19-20-30-29(22-28)10-7-13-33-38(30)49-40(46-33)35-14-9-21-52(35)42(54)37(25(3)4)51-44(56)58-6/h15-20,22-25,31-32,35-37H,7-14,21H2,1-6H3,(H,45,47)(H,46,49)(H,48,53)(H,50,55)(H,51,56)/t31?,32?,35-,36-,37-/m0/s1. The zero-order valence-corrected chi connectivity index (χ0v) is 34.3. The monoisotopic (exact) mass is 792 g/mol. The molecule has 14 heteroatoms. The lowest BCUT2D eigenvalue weighted by Crippen LogP contribution is -2.52. The molecule has 0 radical (unpaired) electrons. The Morgan fingerprint density at radius 2 is 1.47 bits per heavy atom. The highest BCUT2D eigenvalue weighted by Gasteiger charge is 2.39. The van der Waals surface area contributed by atoms with E-state index in [-0.39, 0.29) is 41.7 Å². The summed E-state index contributed by atoms with van der Waals surface area (Å²) in [5.41, 5.74) is 8.63. The number of hydrogen-bond donors (Lipinski definition) is 5. The Hall–Kier alpha value is -5.66. The van der Waals surface area contributed by atoms with Gasteiger partial charge in [-0.3, -0.25) is 9.59 Å². The van der Waals surface area contributed by atoms with Crippen LogP contribution in [0.25, 0.3) is 33.6 Å². The second-order valence-electron chi connectivity index (χ2n) is 16.5. The number of H-pyrrole nitrogens is 2. The van der Waals surface area contributed by atoms with E-state index in [4.69, 9.17) is 19.4 Å². The second kappa shape index (κ2) is 17.5. The number of likely N-dealkylation sites (tertiary alicyclic amines) is 1. The third-order valence-corrected chi connectivity index (χ3v) is 12.0. The predicted molar refractivity (Wildman–Crippen MR) is 220 cm³/mol. The van der Waals surface area contributed by atoms with E-state index < -0.39 is 24.3 Å². The van der Waals surface area contributed by atoms with Crippen molar-refractivity contribution in [1.29, 1.82) is 0 Å². The number of nitrogens with zero attached hydrogens (tertiary/aromatic N) is 3. The van der Waals surface area contributed by atoms with E-state index >= 15 is 0 Å². The van der Waals surface area contributed by atoms with Crippen molar-refractivity contribution in [2.45, 2.75) is 109 Å². The van der Waals surface area contributed by atoms with Crippen molar-refractivity contribution < 1.29 is 28.7 Å². The Morgan fingerprint density at radius 3 is 2.17 bits per heavy atom. The number of methoxy groups -OCH3 is 2. The summed E-state index contributed by atoms with van der Waals surface area (Å²) in [4.78, 5) is 69.7. The highest BCUT2D eigenvalue weighted by Crippen LogP contribution is 2.39. The fraction of sp³-hybridized carbons (Fsp3) is 0.500. The van der Waals surface area contributed by atoms with Gasteiger partial charge < -0.3 is 40.3 Å². The smallest absolute Gasteiger partial charge is 0.407 e. The van der Waals surface area contributed by atoms with Gasteiger partial charge in [-0.25, -0.2) is 19.6 Å². The average molecular weight is 793 g/mol. The summed E-state index contributed by atoms with van der Waals surface area (Å²) in [7, 11) is 2.59. The first-order chi connectivity index (χ1) is 27.9. The van der Waals surface area contributed by atoms with E-state index in [1.54, 1.807) is 0 Å². The number of imidazole rings is 2. The van der Waals surface area contributed by atoms with Crippen LogP contribution in [0.15, 0.2) is 48.7 Å². The molecule has 58 heavy (non-hydrogen) atoms. The zero-order chi connectivity index (χ0) is 41.1. The van der Waals surface area contributed by atoms with Crippen molar-refractivity contribution >= 4 is 24.0 Å². The molecule has 0 spiro atoms. The Labute approximate surface area is 339 Å². The molecular formula is C44H56N8O6. The topological polar surface area (TPSA) is 183 Å². The van der Waals surface area contributed by atoms with Crippen LogP contribution in [0.4, 0.5) is 9.59 Å². The maximum Gasteiger partial charge on any atom is 0.407 e. The van der Waals surface area contributed by atoms with Gasteiger partial charge in [-0.1, -0.05) is 76.6 Å². The molecule has 4 amide bonds. The van der Waals surface area contributed by atoms with Crippen LogP contribution in [0.5, 0.6) is 0 Å². The number of nitrogens with one attached hydrogen (secondary N) is 5. The van der Waals surface area contributed by atoms with Crippen LogP contribution in [0, 0.1) is 11.8 Å². The molecule has 4 aromatic rings. The Morgan fingerprint density at radius 1 is 0.776 bits per heavy atom. The number of amides is 4. The molecule has 2 aliphatic carbocycles. The van der Waals surface area contributed by atoms with Crippen LogP contribution >= 0.6 is 0 Å². The number of fused-ring (bicyclic) bond motifs is 3. The molecule has 1 saturated carbocycles. The van der Waals surface area contributed by atoms with E-state index in [1.165, 1.54) is 19.8 Å². The fourth-order valence-electron chi connectivity index (χ4n) is 8.82. The molecule has 3 heterocycles. The summed E-state index contributed by atoms with van der Waals surface area (Å²) < 4.78 is 9.53. The van der Waals surface area contributed by atoms with Gasteiger partial charge >= 0.3 is 12.2 Å². The molecule has 2 unspecified atom stereocenters. The number of aryl methyl sites for hydroxylation is 2. The molecule has 2 aromatic heterocycles. The predicted octanol–water partition coefficient (Wildman–Crippen LogP) is 6.80. The van der Waals surface area contributed by atoms with E-state index in [1.807, 2.05) is 38.8 Å². The number of carbonyl (C=O) groups is 4. The quantitative estimate of drug-likeness (QED) is 0.110. The Bertz CT molecular complexity index is 2120. The van der Waals surface area contributed by atoms with Crippen molar-refractivity contribution in [2.24, 2.45) is 11.8 Å². The number of ether oxygens (including phenoxy) is 2. The molecule has 3 aliphatic rings. The number of hydrogen-bond acceptors (Lipinski definition) is 8. The van der Waals surface area contributed by atoms with E-state index in [0.29, 0.717) is 6.54 Å². The maximum atomic E-state index is 13.7. The number of alkyl carbamates (subject to hydrolysis) is 2. The number of aromatic amines is 2. The third kappa shape index (κ3) is 8.46. The summed E-state index contributed by atoms with van der Waals surface area (Å²) >= 11 is 0. The molecule has 2 fully saturated rings. The van der Waals surface area contributed by atoms with Crippen LogP contribution in [0.2, 0.25) is 0 Å². The molecule has 2 aromatic carbocycles. The number of carbonyl (C=O) groups excluding carboxylic acids is 4. The summed E-state index contributed by atoms with van der Waals surface area (Å²) in [5.74, 6) is 1.15. The van der Waals surface area contributed by atoms with Gasteiger partial charge in [0.1, 0.15) is 23.7 Å². The highest BCUT2D eigenvalue weighted by atomic mass is 16.5. The number of aromatic nitrogens is 4. The summed E-state index contributed by atoms with van der Waals surface area (Å²) in [6, 6.07) is 13.5. The summed E-state index contributed by atoms with van der Waals surface area (Å²) in [5, 5.41) is 8.57. The second-order valence-corrected chi connectivity index (χ2v) is 16.5. The highest BCUT2D eigenvalue weighted by molar-refractivity contribution is 5.87. The third-order valence-electron chi connectivity index (χ3n) is 12.0. The van der Waals surface area contributed by atoms with Crippen LogP contribution in [-0.4, -0.2) is 87.7 Å².